The van der Waals surface area contributed by atoms with Gasteiger partial charge in [-0.15, -0.1) is 0 Å². The lowest BCUT2D eigenvalue weighted by atomic mass is 10.2. The van der Waals surface area contributed by atoms with E-state index in [1.54, 1.807) is 13.0 Å². The number of nitrogen functional groups attached to an aromatic ring is 1. The maximum atomic E-state index is 11.6. The van der Waals surface area contributed by atoms with Gasteiger partial charge in [-0.25, -0.2) is 5.84 Å². The van der Waals surface area contributed by atoms with E-state index in [4.69, 9.17) is 16.0 Å². The maximum absolute atomic E-state index is 11.6. The molecule has 0 saturated heterocycles. The topological polar surface area (TPSA) is 115 Å². The number of nitrogens with one attached hydrogen (secondary N) is 1. The number of carbonyl (C=O) groups excluding carboxylic acids is 2. The van der Waals surface area contributed by atoms with Gasteiger partial charge in [-0.2, -0.15) is 0 Å². The van der Waals surface area contributed by atoms with Crippen molar-refractivity contribution >= 4 is 11.8 Å². The molecular formula is C14H22N4O3. The van der Waals surface area contributed by atoms with E-state index in [1.165, 1.54) is 0 Å². The van der Waals surface area contributed by atoms with Crippen LogP contribution in [0.1, 0.15) is 47.6 Å². The average Bonchev–Trinajstić information content (AvgIpc) is 3.06. The molecule has 1 aliphatic rings. The monoisotopic (exact) mass is 294 g/mol. The Morgan fingerprint density at radius 3 is 2.67 bits per heavy atom. The van der Waals surface area contributed by atoms with E-state index in [0.717, 1.165) is 25.7 Å². The molecule has 7 nitrogen and oxygen atoms in total. The molecule has 0 atom stereocenters. The Balaban J connectivity index is 2.12. The fourth-order valence-corrected chi connectivity index (χ4v) is 2.91. The highest BCUT2D eigenvalue weighted by molar-refractivity contribution is 5.94. The van der Waals surface area contributed by atoms with Crippen molar-refractivity contribution in [1.29, 1.82) is 0 Å². The van der Waals surface area contributed by atoms with Crippen LogP contribution in [0.15, 0.2) is 10.5 Å². The van der Waals surface area contributed by atoms with E-state index < -0.39 is 0 Å². The smallest absolute Gasteiger partial charge is 0.268 e. The molecular weight excluding hydrogens is 272 g/mol. The molecule has 1 aliphatic carbocycles. The van der Waals surface area contributed by atoms with Crippen molar-refractivity contribution in [1.82, 2.24) is 10.3 Å². The van der Waals surface area contributed by atoms with Crippen molar-refractivity contribution in [2.75, 3.05) is 6.54 Å². The van der Waals surface area contributed by atoms with Crippen LogP contribution in [0.4, 0.5) is 0 Å². The quantitative estimate of drug-likeness (QED) is 0.399. The standard InChI is InChI=1S/C14H22N4O3/c1-9-12(14(20)17-16)6-11(21-9)7-18(8-13(15)19)10-4-2-3-5-10/h6,10H,2-5,7-8,16H2,1H3,(H2,15,19)(H,17,20). The Labute approximate surface area is 123 Å². The number of hydrogen-bond acceptors (Lipinski definition) is 5. The zero-order valence-electron chi connectivity index (χ0n) is 12.2. The second-order valence-corrected chi connectivity index (χ2v) is 5.47. The van der Waals surface area contributed by atoms with Gasteiger partial charge in [-0.3, -0.25) is 19.9 Å². The summed E-state index contributed by atoms with van der Waals surface area (Å²) >= 11 is 0. The summed E-state index contributed by atoms with van der Waals surface area (Å²) in [7, 11) is 0. The highest BCUT2D eigenvalue weighted by Gasteiger charge is 2.25. The minimum atomic E-state index is -0.384. The van der Waals surface area contributed by atoms with Crippen molar-refractivity contribution in [2.45, 2.75) is 45.2 Å². The van der Waals surface area contributed by atoms with Crippen LogP contribution in [0.25, 0.3) is 0 Å². The van der Waals surface area contributed by atoms with E-state index in [0.29, 0.717) is 29.7 Å². The number of furan rings is 1. The molecule has 5 N–H and O–H groups in total. The zero-order chi connectivity index (χ0) is 15.4. The fourth-order valence-electron chi connectivity index (χ4n) is 2.91. The lowest BCUT2D eigenvalue weighted by Gasteiger charge is -2.26. The second kappa shape index (κ2) is 6.73. The number of aryl methyl sites for hydroxylation is 1. The maximum Gasteiger partial charge on any atom is 0.268 e. The number of primary amides is 1. The first-order valence-electron chi connectivity index (χ1n) is 7.14. The molecule has 0 bridgehead atoms. The van der Waals surface area contributed by atoms with E-state index in [-0.39, 0.29) is 18.4 Å². The number of hydrazine groups is 1. The van der Waals surface area contributed by atoms with Gasteiger partial charge in [-0.1, -0.05) is 12.8 Å². The molecule has 2 rings (SSSR count). The van der Waals surface area contributed by atoms with Crippen molar-refractivity contribution in [2.24, 2.45) is 11.6 Å². The molecule has 1 fully saturated rings. The molecule has 1 heterocycles. The number of nitrogens with two attached hydrogens (primary N) is 2. The highest BCUT2D eigenvalue weighted by Crippen LogP contribution is 2.25. The molecule has 0 aromatic carbocycles. The van der Waals surface area contributed by atoms with Gasteiger partial charge in [-0.05, 0) is 25.8 Å². The molecule has 0 spiro atoms. The van der Waals surface area contributed by atoms with Crippen LogP contribution in [-0.4, -0.2) is 29.3 Å². The van der Waals surface area contributed by atoms with Crippen LogP contribution in [0.5, 0.6) is 0 Å². The van der Waals surface area contributed by atoms with Crippen LogP contribution in [0.2, 0.25) is 0 Å². The predicted octanol–water partition coefficient (Wildman–Crippen LogP) is 0.421. The summed E-state index contributed by atoms with van der Waals surface area (Å²) in [5.41, 5.74) is 7.83. The van der Waals surface area contributed by atoms with Gasteiger partial charge in [0, 0.05) is 6.04 Å². The third kappa shape index (κ3) is 3.83. The van der Waals surface area contributed by atoms with E-state index in [1.807, 2.05) is 4.90 Å². The first-order chi connectivity index (χ1) is 10.0. The molecule has 21 heavy (non-hydrogen) atoms. The summed E-state index contributed by atoms with van der Waals surface area (Å²) in [6.45, 7) is 2.37. The van der Waals surface area contributed by atoms with Gasteiger partial charge in [0.2, 0.25) is 5.91 Å². The number of nitrogens with zero attached hydrogens (tertiary/aromatic N) is 1. The number of carbonyl (C=O) groups is 2. The lowest BCUT2D eigenvalue weighted by molar-refractivity contribution is -0.119. The largest absolute Gasteiger partial charge is 0.464 e. The SMILES string of the molecule is Cc1oc(CN(CC(N)=O)C2CCCC2)cc1C(=O)NN. The molecule has 1 saturated carbocycles. The van der Waals surface area contributed by atoms with E-state index in [9.17, 15) is 9.59 Å². The second-order valence-electron chi connectivity index (χ2n) is 5.47. The highest BCUT2D eigenvalue weighted by atomic mass is 16.3. The Hall–Kier alpha value is -1.86. The molecule has 0 radical (unpaired) electrons. The first-order valence-corrected chi connectivity index (χ1v) is 7.14. The van der Waals surface area contributed by atoms with Crippen molar-refractivity contribution in [3.05, 3.63) is 23.2 Å². The normalized spacial score (nSPS) is 15.6. The van der Waals surface area contributed by atoms with Gasteiger partial charge >= 0.3 is 0 Å². The minimum absolute atomic E-state index is 0.197. The van der Waals surface area contributed by atoms with Crippen LogP contribution >= 0.6 is 0 Å². The average molecular weight is 294 g/mol. The molecule has 1 aromatic rings. The molecule has 7 heteroatoms. The first kappa shape index (κ1) is 15.5. The third-order valence-electron chi connectivity index (χ3n) is 3.90. The van der Waals surface area contributed by atoms with Gasteiger partial charge in [0.15, 0.2) is 0 Å². The van der Waals surface area contributed by atoms with Crippen LogP contribution in [0.3, 0.4) is 0 Å². The van der Waals surface area contributed by atoms with Gasteiger partial charge < -0.3 is 10.2 Å². The number of hydrogen-bond donors (Lipinski definition) is 3. The Morgan fingerprint density at radius 1 is 1.43 bits per heavy atom. The number of rotatable bonds is 6. The molecule has 1 aromatic heterocycles. The van der Waals surface area contributed by atoms with Crippen LogP contribution < -0.4 is 17.0 Å². The Bertz CT molecular complexity index is 520. The summed E-state index contributed by atoms with van der Waals surface area (Å²) in [4.78, 5) is 24.9. The van der Waals surface area contributed by atoms with Gasteiger partial charge in [0.25, 0.3) is 5.91 Å². The Morgan fingerprint density at radius 2 is 2.10 bits per heavy atom. The lowest BCUT2D eigenvalue weighted by Crippen LogP contribution is -2.39. The minimum Gasteiger partial charge on any atom is -0.464 e. The summed E-state index contributed by atoms with van der Waals surface area (Å²) in [6.07, 6.45) is 4.45. The molecule has 0 unspecified atom stereocenters. The summed E-state index contributed by atoms with van der Waals surface area (Å²) < 4.78 is 5.60. The van der Waals surface area contributed by atoms with Crippen LogP contribution in [0, 0.1) is 6.92 Å². The van der Waals surface area contributed by atoms with E-state index in [2.05, 4.69) is 5.43 Å². The fraction of sp³-hybridized carbons (Fsp3) is 0.571. The summed E-state index contributed by atoms with van der Waals surface area (Å²) in [6, 6.07) is 2.01. The molecule has 0 aliphatic heterocycles. The van der Waals surface area contributed by atoms with Gasteiger partial charge in [0.05, 0.1) is 18.7 Å². The van der Waals surface area contributed by atoms with Crippen molar-refractivity contribution < 1.29 is 14.0 Å². The van der Waals surface area contributed by atoms with E-state index >= 15 is 0 Å². The van der Waals surface area contributed by atoms with Crippen molar-refractivity contribution in [3.8, 4) is 0 Å². The predicted molar refractivity (Wildman–Crippen MR) is 77.0 cm³/mol. The molecule has 2 amide bonds. The van der Waals surface area contributed by atoms with Gasteiger partial charge in [0.1, 0.15) is 11.5 Å². The third-order valence-corrected chi connectivity index (χ3v) is 3.90. The summed E-state index contributed by atoms with van der Waals surface area (Å²) in [5.74, 6) is 5.55. The summed E-state index contributed by atoms with van der Waals surface area (Å²) in [5, 5.41) is 0. The zero-order valence-corrected chi connectivity index (χ0v) is 12.2. The Kier molecular flexibility index (Phi) is 4.98. The number of amides is 2. The van der Waals surface area contributed by atoms with Crippen LogP contribution in [-0.2, 0) is 11.3 Å². The molecule has 116 valence electrons. The van der Waals surface area contributed by atoms with Crippen molar-refractivity contribution in [3.63, 3.8) is 0 Å².